The molecular formula is C21H22N8O2. The fraction of sp³-hybridized carbons (Fsp3) is 0.381. The molecule has 0 aliphatic carbocycles. The van der Waals surface area contributed by atoms with Crippen molar-refractivity contribution in [3.05, 3.63) is 47.3 Å². The molecule has 1 fully saturated rings. The molecule has 0 amide bonds. The normalized spacial score (nSPS) is 18.4. The minimum atomic E-state index is -0.831. The summed E-state index contributed by atoms with van der Waals surface area (Å²) in [4.78, 5) is 24.2. The van der Waals surface area contributed by atoms with Gasteiger partial charge in [0.1, 0.15) is 11.7 Å². The summed E-state index contributed by atoms with van der Waals surface area (Å²) in [5, 5.41) is 23.5. The molecular weight excluding hydrogens is 396 g/mol. The van der Waals surface area contributed by atoms with E-state index >= 15 is 0 Å². The number of aliphatic hydroxyl groups is 1. The highest BCUT2D eigenvalue weighted by Crippen LogP contribution is 2.27. The molecule has 2 atom stereocenters. The minimum absolute atomic E-state index is 0.0399. The molecule has 5 rings (SSSR count). The Bertz CT molecular complexity index is 1360. The van der Waals surface area contributed by atoms with Crippen LogP contribution in [0.3, 0.4) is 0 Å². The van der Waals surface area contributed by atoms with Crippen molar-refractivity contribution in [2.24, 2.45) is 7.05 Å². The van der Waals surface area contributed by atoms with Crippen molar-refractivity contribution in [2.45, 2.75) is 31.5 Å². The predicted octanol–water partition coefficient (Wildman–Crippen LogP) is 1.31. The summed E-state index contributed by atoms with van der Waals surface area (Å²) in [5.41, 5.74) is 2.73. The van der Waals surface area contributed by atoms with Crippen LogP contribution in [0.5, 0.6) is 0 Å². The van der Waals surface area contributed by atoms with E-state index in [1.165, 1.54) is 0 Å². The summed E-state index contributed by atoms with van der Waals surface area (Å²) in [6.45, 7) is 1.18. The van der Waals surface area contributed by atoms with Crippen molar-refractivity contribution in [1.82, 2.24) is 33.6 Å². The molecule has 158 valence electrons. The second-order valence-electron chi connectivity index (χ2n) is 7.84. The Labute approximate surface area is 177 Å². The Morgan fingerprint density at radius 2 is 2.19 bits per heavy atom. The van der Waals surface area contributed by atoms with Gasteiger partial charge < -0.3 is 5.11 Å². The van der Waals surface area contributed by atoms with Gasteiger partial charge in [-0.15, -0.1) is 0 Å². The first-order valence-corrected chi connectivity index (χ1v) is 10.2. The molecule has 5 heterocycles. The lowest BCUT2D eigenvalue weighted by atomic mass is 10.0. The molecule has 1 saturated heterocycles. The number of fused-ring (bicyclic) bond motifs is 2. The number of aliphatic hydroxyl groups excluding tert-OH is 1. The van der Waals surface area contributed by atoms with Crippen LogP contribution in [0.1, 0.15) is 25.3 Å². The third-order valence-electron chi connectivity index (χ3n) is 5.99. The molecule has 1 aliphatic heterocycles. The standard InChI is InChI=1S/C21H22N8O2/c1-26-17-12-23-19(15-11-24-28-10-3-2-6-16(15)28)25-20(17)29(21(26)31)14-5-4-9-27(13-14)18(30)7-8-22/h2-3,6,10-12,14,18,30H,4-5,7,9,13H2,1H3/t14?,18-/m0/s1. The quantitative estimate of drug-likeness (QED) is 0.531. The van der Waals surface area contributed by atoms with Gasteiger partial charge in [0.25, 0.3) is 0 Å². The fourth-order valence-electron chi connectivity index (χ4n) is 4.38. The maximum Gasteiger partial charge on any atom is 0.330 e. The van der Waals surface area contributed by atoms with E-state index in [1.807, 2.05) is 35.4 Å². The van der Waals surface area contributed by atoms with Crippen LogP contribution in [-0.2, 0) is 7.05 Å². The summed E-state index contributed by atoms with van der Waals surface area (Å²) < 4.78 is 5.02. The molecule has 0 saturated carbocycles. The van der Waals surface area contributed by atoms with E-state index in [2.05, 4.69) is 10.1 Å². The molecule has 0 radical (unpaired) electrons. The Morgan fingerprint density at radius 3 is 3.03 bits per heavy atom. The number of pyridine rings is 1. The average molecular weight is 418 g/mol. The van der Waals surface area contributed by atoms with Gasteiger partial charge in [-0.25, -0.2) is 19.3 Å². The first-order valence-electron chi connectivity index (χ1n) is 10.2. The van der Waals surface area contributed by atoms with E-state index in [0.29, 0.717) is 30.1 Å². The largest absolute Gasteiger partial charge is 0.377 e. The Hall–Kier alpha value is -3.55. The Kier molecular flexibility index (Phi) is 4.77. The van der Waals surface area contributed by atoms with Crippen LogP contribution in [-0.4, -0.2) is 58.0 Å². The number of rotatable bonds is 4. The lowest BCUT2D eigenvalue weighted by Crippen LogP contribution is -2.45. The first kappa shape index (κ1) is 19.4. The highest BCUT2D eigenvalue weighted by atomic mass is 16.3. The maximum atomic E-state index is 13.1. The Balaban J connectivity index is 1.60. The number of aryl methyl sites for hydroxylation is 1. The number of piperidine rings is 1. The topological polar surface area (TPSA) is 117 Å². The van der Waals surface area contributed by atoms with E-state index in [0.717, 1.165) is 23.9 Å². The van der Waals surface area contributed by atoms with Gasteiger partial charge in [-0.1, -0.05) is 6.07 Å². The van der Waals surface area contributed by atoms with Gasteiger partial charge in [0.15, 0.2) is 11.5 Å². The van der Waals surface area contributed by atoms with E-state index < -0.39 is 6.23 Å². The molecule has 0 bridgehead atoms. The molecule has 0 aromatic carbocycles. The molecule has 4 aromatic heterocycles. The van der Waals surface area contributed by atoms with Crippen molar-refractivity contribution < 1.29 is 5.11 Å². The van der Waals surface area contributed by atoms with Gasteiger partial charge in [0, 0.05) is 26.3 Å². The zero-order chi connectivity index (χ0) is 21.5. The van der Waals surface area contributed by atoms with Gasteiger partial charge in [-0.05, 0) is 25.0 Å². The predicted molar refractivity (Wildman–Crippen MR) is 113 cm³/mol. The molecule has 1 N–H and O–H groups in total. The third kappa shape index (κ3) is 3.19. The first-order chi connectivity index (χ1) is 15.1. The third-order valence-corrected chi connectivity index (χ3v) is 5.99. The van der Waals surface area contributed by atoms with Crippen LogP contribution in [0, 0.1) is 11.3 Å². The van der Waals surface area contributed by atoms with Crippen LogP contribution in [0.4, 0.5) is 0 Å². The molecule has 0 spiro atoms. The van der Waals surface area contributed by atoms with Crippen LogP contribution >= 0.6 is 0 Å². The SMILES string of the molecule is Cn1c(=O)n(C2CCCN([C@@H](O)CC#N)C2)c2nc(-c3cnn4ccccc34)ncc21. The van der Waals surface area contributed by atoms with Crippen LogP contribution in [0.15, 0.2) is 41.6 Å². The second-order valence-corrected chi connectivity index (χ2v) is 7.84. The average Bonchev–Trinajstić information content (AvgIpc) is 3.33. The lowest BCUT2D eigenvalue weighted by molar-refractivity contribution is -0.0161. The number of nitrogens with zero attached hydrogens (tertiary/aromatic N) is 8. The second kappa shape index (κ2) is 7.61. The monoisotopic (exact) mass is 418 g/mol. The number of nitriles is 1. The molecule has 4 aromatic rings. The number of hydrogen-bond donors (Lipinski definition) is 1. The van der Waals surface area contributed by atoms with E-state index in [-0.39, 0.29) is 18.2 Å². The summed E-state index contributed by atoms with van der Waals surface area (Å²) in [7, 11) is 1.71. The van der Waals surface area contributed by atoms with E-state index in [9.17, 15) is 9.90 Å². The maximum absolute atomic E-state index is 13.1. The number of likely N-dealkylation sites (tertiary alicyclic amines) is 1. The number of hydrogen-bond acceptors (Lipinski definition) is 7. The van der Waals surface area contributed by atoms with Gasteiger partial charge in [-0.2, -0.15) is 10.4 Å². The van der Waals surface area contributed by atoms with Gasteiger partial charge >= 0.3 is 5.69 Å². The minimum Gasteiger partial charge on any atom is -0.377 e. The molecule has 1 unspecified atom stereocenters. The highest BCUT2D eigenvalue weighted by Gasteiger charge is 2.29. The molecule has 10 heteroatoms. The Morgan fingerprint density at radius 1 is 1.32 bits per heavy atom. The van der Waals surface area contributed by atoms with Crippen molar-refractivity contribution in [2.75, 3.05) is 13.1 Å². The van der Waals surface area contributed by atoms with Crippen molar-refractivity contribution in [1.29, 1.82) is 5.26 Å². The van der Waals surface area contributed by atoms with Crippen molar-refractivity contribution in [3.63, 3.8) is 0 Å². The van der Waals surface area contributed by atoms with Gasteiger partial charge in [-0.3, -0.25) is 14.0 Å². The summed E-state index contributed by atoms with van der Waals surface area (Å²) >= 11 is 0. The number of imidazole rings is 1. The van der Waals surface area contributed by atoms with Crippen molar-refractivity contribution in [3.8, 4) is 17.5 Å². The zero-order valence-electron chi connectivity index (χ0n) is 17.1. The summed E-state index contributed by atoms with van der Waals surface area (Å²) in [5.74, 6) is 0.505. The lowest BCUT2D eigenvalue weighted by Gasteiger charge is -2.35. The summed E-state index contributed by atoms with van der Waals surface area (Å²) in [6.07, 6.45) is 6.09. The fourth-order valence-corrected chi connectivity index (χ4v) is 4.38. The highest BCUT2D eigenvalue weighted by molar-refractivity contribution is 5.79. The number of aromatic nitrogens is 6. The van der Waals surface area contributed by atoms with Crippen molar-refractivity contribution >= 4 is 16.7 Å². The smallest absolute Gasteiger partial charge is 0.330 e. The van der Waals surface area contributed by atoms with E-state index in [4.69, 9.17) is 10.2 Å². The molecule has 31 heavy (non-hydrogen) atoms. The van der Waals surface area contributed by atoms with Gasteiger partial charge in [0.05, 0.1) is 42.0 Å². The zero-order valence-corrected chi connectivity index (χ0v) is 17.1. The van der Waals surface area contributed by atoms with Crippen LogP contribution in [0.25, 0.3) is 28.1 Å². The summed E-state index contributed by atoms with van der Waals surface area (Å²) in [6, 6.07) is 7.64. The molecule has 1 aliphatic rings. The van der Waals surface area contributed by atoms with Gasteiger partial charge in [0.2, 0.25) is 0 Å². The molecule has 10 nitrogen and oxygen atoms in total. The van der Waals surface area contributed by atoms with E-state index in [1.54, 1.807) is 33.1 Å². The van der Waals surface area contributed by atoms with Crippen LogP contribution in [0.2, 0.25) is 0 Å². The van der Waals surface area contributed by atoms with Crippen LogP contribution < -0.4 is 5.69 Å².